The van der Waals surface area contributed by atoms with E-state index in [4.69, 9.17) is 5.73 Å². The molecular formula is C8H15N3S. The Hall–Kier alpha value is -0.610. The number of anilines is 1. The van der Waals surface area contributed by atoms with E-state index >= 15 is 0 Å². The summed E-state index contributed by atoms with van der Waals surface area (Å²) >= 11 is 1.63. The number of thiazole rings is 1. The molecule has 3 nitrogen and oxygen atoms in total. The second-order valence-electron chi connectivity index (χ2n) is 2.81. The van der Waals surface area contributed by atoms with Gasteiger partial charge in [-0.1, -0.05) is 0 Å². The number of hydrogen-bond acceptors (Lipinski definition) is 4. The third-order valence-corrected chi connectivity index (χ3v) is 2.35. The topological polar surface area (TPSA) is 50.9 Å². The van der Waals surface area contributed by atoms with Crippen LogP contribution >= 0.6 is 11.3 Å². The summed E-state index contributed by atoms with van der Waals surface area (Å²) < 4.78 is 0. The molecule has 0 saturated carbocycles. The average Bonchev–Trinajstić information content (AvgIpc) is 2.53. The van der Waals surface area contributed by atoms with Gasteiger partial charge in [-0.2, -0.15) is 0 Å². The fourth-order valence-electron chi connectivity index (χ4n) is 1.00. The summed E-state index contributed by atoms with van der Waals surface area (Å²) in [6.45, 7) is 2.92. The van der Waals surface area contributed by atoms with Crippen LogP contribution in [0, 0.1) is 0 Å². The Balaban J connectivity index is 2.22. The van der Waals surface area contributed by atoms with Crippen LogP contribution in [0.2, 0.25) is 0 Å². The van der Waals surface area contributed by atoms with Crippen LogP contribution < -0.4 is 11.1 Å². The summed E-state index contributed by atoms with van der Waals surface area (Å²) in [4.78, 5) is 4.14. The van der Waals surface area contributed by atoms with E-state index in [0.29, 0.717) is 6.04 Å². The molecule has 0 amide bonds. The molecule has 0 spiro atoms. The molecule has 1 rings (SSSR count). The van der Waals surface area contributed by atoms with Crippen molar-refractivity contribution < 1.29 is 0 Å². The van der Waals surface area contributed by atoms with Crippen molar-refractivity contribution in [2.45, 2.75) is 25.8 Å². The molecule has 1 aromatic rings. The first-order valence-electron chi connectivity index (χ1n) is 4.19. The number of hydrogen-bond donors (Lipinski definition) is 2. The molecule has 1 aromatic heterocycles. The number of rotatable bonds is 5. The van der Waals surface area contributed by atoms with Crippen molar-refractivity contribution >= 4 is 16.5 Å². The van der Waals surface area contributed by atoms with Gasteiger partial charge in [-0.15, -0.1) is 11.3 Å². The van der Waals surface area contributed by atoms with Gasteiger partial charge in [-0.05, 0) is 26.3 Å². The molecule has 0 aliphatic rings. The standard InChI is InChI=1S/C8H15N3S/c1-7(3-2-4-9)11-8-10-5-6-12-8/h5-7H,2-4,9H2,1H3,(H,10,11). The molecule has 1 atom stereocenters. The maximum Gasteiger partial charge on any atom is 0.182 e. The fraction of sp³-hybridized carbons (Fsp3) is 0.625. The van der Waals surface area contributed by atoms with Gasteiger partial charge in [-0.3, -0.25) is 0 Å². The Morgan fingerprint density at radius 3 is 3.17 bits per heavy atom. The van der Waals surface area contributed by atoms with Crippen LogP contribution in [0.3, 0.4) is 0 Å². The highest BCUT2D eigenvalue weighted by molar-refractivity contribution is 7.13. The van der Waals surface area contributed by atoms with Crippen molar-refractivity contribution in [2.75, 3.05) is 11.9 Å². The maximum atomic E-state index is 5.41. The first kappa shape index (κ1) is 9.48. The summed E-state index contributed by atoms with van der Waals surface area (Å²) in [6, 6.07) is 0.472. The molecule has 1 unspecified atom stereocenters. The molecule has 0 aliphatic heterocycles. The monoisotopic (exact) mass is 185 g/mol. The molecule has 0 fully saturated rings. The molecular weight excluding hydrogens is 170 g/mol. The third-order valence-electron chi connectivity index (χ3n) is 1.64. The predicted octanol–water partition coefficient (Wildman–Crippen LogP) is 1.68. The third kappa shape index (κ3) is 3.19. The van der Waals surface area contributed by atoms with E-state index in [9.17, 15) is 0 Å². The minimum absolute atomic E-state index is 0.472. The van der Waals surface area contributed by atoms with E-state index in [1.165, 1.54) is 0 Å². The SMILES string of the molecule is CC(CCCN)Nc1nccs1. The molecule has 12 heavy (non-hydrogen) atoms. The lowest BCUT2D eigenvalue weighted by Crippen LogP contribution is -2.16. The zero-order valence-electron chi connectivity index (χ0n) is 7.29. The van der Waals surface area contributed by atoms with E-state index in [1.54, 1.807) is 11.3 Å². The van der Waals surface area contributed by atoms with Crippen LogP contribution in [-0.4, -0.2) is 17.6 Å². The van der Waals surface area contributed by atoms with Gasteiger partial charge in [0.15, 0.2) is 5.13 Å². The summed E-state index contributed by atoms with van der Waals surface area (Å²) in [5, 5.41) is 6.28. The molecule has 0 bridgehead atoms. The van der Waals surface area contributed by atoms with Gasteiger partial charge in [0.25, 0.3) is 0 Å². The van der Waals surface area contributed by atoms with Crippen molar-refractivity contribution in [3.8, 4) is 0 Å². The summed E-state index contributed by atoms with van der Waals surface area (Å²) in [7, 11) is 0. The second-order valence-corrected chi connectivity index (χ2v) is 3.71. The van der Waals surface area contributed by atoms with Gasteiger partial charge in [0.05, 0.1) is 0 Å². The molecule has 3 N–H and O–H groups in total. The lowest BCUT2D eigenvalue weighted by atomic mass is 10.2. The normalized spacial score (nSPS) is 12.8. The first-order valence-corrected chi connectivity index (χ1v) is 5.07. The van der Waals surface area contributed by atoms with Crippen LogP contribution in [0.25, 0.3) is 0 Å². The van der Waals surface area contributed by atoms with Crippen molar-refractivity contribution in [1.82, 2.24) is 4.98 Å². The Labute approximate surface area is 77.0 Å². The lowest BCUT2D eigenvalue weighted by Gasteiger charge is -2.11. The van der Waals surface area contributed by atoms with Gasteiger partial charge >= 0.3 is 0 Å². The number of nitrogens with two attached hydrogens (primary N) is 1. The van der Waals surface area contributed by atoms with Crippen molar-refractivity contribution in [3.05, 3.63) is 11.6 Å². The van der Waals surface area contributed by atoms with Gasteiger partial charge < -0.3 is 11.1 Å². The molecule has 0 aromatic carbocycles. The smallest absolute Gasteiger partial charge is 0.182 e. The number of nitrogens with zero attached hydrogens (tertiary/aromatic N) is 1. The highest BCUT2D eigenvalue weighted by Gasteiger charge is 2.01. The highest BCUT2D eigenvalue weighted by atomic mass is 32.1. The Kier molecular flexibility index (Phi) is 4.04. The highest BCUT2D eigenvalue weighted by Crippen LogP contribution is 2.12. The van der Waals surface area contributed by atoms with Crippen molar-refractivity contribution in [1.29, 1.82) is 0 Å². The fourth-order valence-corrected chi connectivity index (χ4v) is 1.64. The van der Waals surface area contributed by atoms with Crippen LogP contribution in [0.5, 0.6) is 0 Å². The molecule has 4 heteroatoms. The van der Waals surface area contributed by atoms with E-state index in [2.05, 4.69) is 17.2 Å². The van der Waals surface area contributed by atoms with Crippen LogP contribution in [0.15, 0.2) is 11.6 Å². The van der Waals surface area contributed by atoms with E-state index in [1.807, 2.05) is 11.6 Å². The van der Waals surface area contributed by atoms with Crippen molar-refractivity contribution in [2.24, 2.45) is 5.73 Å². The van der Waals surface area contributed by atoms with Crippen LogP contribution in [0.4, 0.5) is 5.13 Å². The zero-order chi connectivity index (χ0) is 8.81. The van der Waals surface area contributed by atoms with Crippen LogP contribution in [-0.2, 0) is 0 Å². The van der Waals surface area contributed by atoms with Crippen molar-refractivity contribution in [3.63, 3.8) is 0 Å². The summed E-state index contributed by atoms with van der Waals surface area (Å²) in [5.41, 5.74) is 5.41. The zero-order valence-corrected chi connectivity index (χ0v) is 8.10. The number of aromatic nitrogens is 1. The predicted molar refractivity (Wildman–Crippen MR) is 53.5 cm³/mol. The molecule has 0 aliphatic carbocycles. The Morgan fingerprint density at radius 1 is 1.75 bits per heavy atom. The van der Waals surface area contributed by atoms with Gasteiger partial charge in [0.2, 0.25) is 0 Å². The largest absolute Gasteiger partial charge is 0.359 e. The number of nitrogens with one attached hydrogen (secondary N) is 1. The van der Waals surface area contributed by atoms with Gasteiger partial charge in [0, 0.05) is 17.6 Å². The van der Waals surface area contributed by atoms with E-state index in [-0.39, 0.29) is 0 Å². The molecule has 0 radical (unpaired) electrons. The van der Waals surface area contributed by atoms with Gasteiger partial charge in [0.1, 0.15) is 0 Å². The van der Waals surface area contributed by atoms with E-state index in [0.717, 1.165) is 24.5 Å². The summed E-state index contributed by atoms with van der Waals surface area (Å²) in [6.07, 6.45) is 3.98. The quantitative estimate of drug-likeness (QED) is 0.734. The Bertz CT molecular complexity index is 198. The lowest BCUT2D eigenvalue weighted by molar-refractivity contribution is 0.662. The second kappa shape index (κ2) is 5.11. The summed E-state index contributed by atoms with van der Waals surface area (Å²) in [5.74, 6) is 0. The van der Waals surface area contributed by atoms with E-state index < -0.39 is 0 Å². The maximum absolute atomic E-state index is 5.41. The van der Waals surface area contributed by atoms with Gasteiger partial charge in [-0.25, -0.2) is 4.98 Å². The first-order chi connectivity index (χ1) is 5.83. The molecule has 0 saturated heterocycles. The molecule has 1 heterocycles. The average molecular weight is 185 g/mol. The van der Waals surface area contributed by atoms with Crippen LogP contribution in [0.1, 0.15) is 19.8 Å². The minimum atomic E-state index is 0.472. The minimum Gasteiger partial charge on any atom is -0.359 e. The molecule has 68 valence electrons. The Morgan fingerprint density at radius 2 is 2.58 bits per heavy atom.